The summed E-state index contributed by atoms with van der Waals surface area (Å²) in [7, 11) is 2.13. The third-order valence-corrected chi connectivity index (χ3v) is 6.08. The summed E-state index contributed by atoms with van der Waals surface area (Å²) in [5, 5.41) is 6.74. The van der Waals surface area contributed by atoms with Crippen LogP contribution in [-0.4, -0.2) is 64.0 Å². The zero-order chi connectivity index (χ0) is 25.8. The monoisotopic (exact) mass is 498 g/mol. The van der Waals surface area contributed by atoms with Crippen LogP contribution in [0.3, 0.4) is 0 Å². The number of amides is 1. The Morgan fingerprint density at radius 2 is 1.84 bits per heavy atom. The number of carbonyl (C=O) groups is 1. The maximum Gasteiger partial charge on any atom is 0.250 e. The van der Waals surface area contributed by atoms with Crippen LogP contribution >= 0.6 is 0 Å². The normalized spacial score (nSPS) is 14.6. The lowest BCUT2D eigenvalue weighted by molar-refractivity contribution is -0.112. The molecular formula is C27H27FN8O. The predicted octanol–water partition coefficient (Wildman–Crippen LogP) is 4.39. The van der Waals surface area contributed by atoms with E-state index in [0.29, 0.717) is 22.8 Å². The summed E-state index contributed by atoms with van der Waals surface area (Å²) in [5.41, 5.74) is 3.39. The van der Waals surface area contributed by atoms with Crippen molar-refractivity contribution in [1.29, 1.82) is 0 Å². The van der Waals surface area contributed by atoms with Gasteiger partial charge in [0.05, 0.1) is 23.1 Å². The number of hydrogen-bond donors (Lipinski definition) is 2. The molecule has 1 amide bonds. The lowest BCUT2D eigenvalue weighted by Crippen LogP contribution is -2.44. The van der Waals surface area contributed by atoms with E-state index in [9.17, 15) is 9.18 Å². The second kappa shape index (κ2) is 10.7. The molecule has 4 aromatic rings. The first kappa shape index (κ1) is 24.3. The maximum atomic E-state index is 13.0. The van der Waals surface area contributed by atoms with Crippen molar-refractivity contribution in [2.75, 3.05) is 48.8 Å². The number of allylic oxidation sites excluding steroid dienone is 1. The molecule has 5 rings (SSSR count). The van der Waals surface area contributed by atoms with E-state index in [1.807, 2.05) is 30.3 Å². The second-order valence-electron chi connectivity index (χ2n) is 8.91. The van der Waals surface area contributed by atoms with Crippen LogP contribution in [0.4, 0.5) is 27.5 Å². The number of para-hydroxylation sites is 1. The van der Waals surface area contributed by atoms with Gasteiger partial charge in [-0.3, -0.25) is 9.78 Å². The number of benzene rings is 1. The van der Waals surface area contributed by atoms with Gasteiger partial charge in [-0.1, -0.05) is 18.2 Å². The minimum absolute atomic E-state index is 0.433. The van der Waals surface area contributed by atoms with Crippen LogP contribution in [0, 0.1) is 0 Å². The van der Waals surface area contributed by atoms with E-state index < -0.39 is 11.7 Å². The Morgan fingerprint density at radius 3 is 2.59 bits per heavy atom. The molecule has 10 heteroatoms. The van der Waals surface area contributed by atoms with Crippen LogP contribution in [0.5, 0.6) is 0 Å². The van der Waals surface area contributed by atoms with Gasteiger partial charge in [-0.25, -0.2) is 19.3 Å². The minimum atomic E-state index is -0.568. The first-order chi connectivity index (χ1) is 17.9. The van der Waals surface area contributed by atoms with Gasteiger partial charge in [-0.05, 0) is 38.2 Å². The molecule has 0 bridgehead atoms. The first-order valence-corrected chi connectivity index (χ1v) is 12.0. The number of fused-ring (bicyclic) bond motifs is 1. The topological polar surface area (TPSA) is 99.2 Å². The van der Waals surface area contributed by atoms with Gasteiger partial charge in [-0.15, -0.1) is 0 Å². The summed E-state index contributed by atoms with van der Waals surface area (Å²) in [4.78, 5) is 34.8. The number of pyridine rings is 2. The van der Waals surface area contributed by atoms with E-state index in [2.05, 4.69) is 42.4 Å². The lowest BCUT2D eigenvalue weighted by atomic mass is 10.1. The van der Waals surface area contributed by atoms with Crippen LogP contribution < -0.4 is 15.5 Å². The highest BCUT2D eigenvalue weighted by molar-refractivity contribution is 6.00. The summed E-state index contributed by atoms with van der Waals surface area (Å²) in [5.74, 6) is 0.274. The molecule has 1 aliphatic rings. The van der Waals surface area contributed by atoms with Gasteiger partial charge in [0.1, 0.15) is 11.6 Å². The number of aromatic nitrogens is 4. The average Bonchev–Trinajstić information content (AvgIpc) is 2.89. The fourth-order valence-electron chi connectivity index (χ4n) is 4.15. The molecular weight excluding hydrogens is 471 g/mol. The van der Waals surface area contributed by atoms with Crippen LogP contribution in [0.15, 0.2) is 73.0 Å². The molecule has 1 aliphatic heterocycles. The SMILES string of the molecule is C/C(F)=C/C(=O)Nc1ccnc(-c2cccc3cnc(Nc4ccc(N5CCN(C)CC5)nc4)nc23)c1. The predicted molar refractivity (Wildman–Crippen MR) is 143 cm³/mol. The van der Waals surface area contributed by atoms with Crippen LogP contribution in [-0.2, 0) is 4.79 Å². The highest BCUT2D eigenvalue weighted by Crippen LogP contribution is 2.28. The summed E-state index contributed by atoms with van der Waals surface area (Å²) in [6.07, 6.45) is 6.02. The third kappa shape index (κ3) is 5.87. The number of nitrogens with zero attached hydrogens (tertiary/aromatic N) is 6. The van der Waals surface area contributed by atoms with Crippen molar-refractivity contribution in [1.82, 2.24) is 24.8 Å². The van der Waals surface area contributed by atoms with Gasteiger partial charge in [-0.2, -0.15) is 0 Å². The number of anilines is 4. The molecule has 1 aromatic carbocycles. The van der Waals surface area contributed by atoms with E-state index in [1.165, 1.54) is 6.92 Å². The Bertz CT molecular complexity index is 1440. The summed E-state index contributed by atoms with van der Waals surface area (Å²) in [6, 6.07) is 13.1. The van der Waals surface area contributed by atoms with Gasteiger partial charge >= 0.3 is 0 Å². The first-order valence-electron chi connectivity index (χ1n) is 12.0. The molecule has 188 valence electrons. The average molecular weight is 499 g/mol. The molecule has 37 heavy (non-hydrogen) atoms. The molecule has 9 nitrogen and oxygen atoms in total. The Balaban J connectivity index is 1.38. The fourth-order valence-corrected chi connectivity index (χ4v) is 4.15. The quantitative estimate of drug-likeness (QED) is 0.378. The Labute approximate surface area is 214 Å². The van der Waals surface area contributed by atoms with E-state index in [4.69, 9.17) is 4.98 Å². The molecule has 0 spiro atoms. The fraction of sp³-hybridized carbons (Fsp3) is 0.222. The number of hydrogen-bond acceptors (Lipinski definition) is 8. The van der Waals surface area contributed by atoms with Crippen LogP contribution in [0.25, 0.3) is 22.2 Å². The molecule has 0 saturated carbocycles. The van der Waals surface area contributed by atoms with E-state index in [1.54, 1.807) is 30.7 Å². The van der Waals surface area contributed by atoms with Crippen molar-refractivity contribution in [3.05, 3.63) is 73.0 Å². The Kier molecular flexibility index (Phi) is 7.00. The third-order valence-electron chi connectivity index (χ3n) is 6.08. The molecule has 2 N–H and O–H groups in total. The van der Waals surface area contributed by atoms with Crippen molar-refractivity contribution in [2.24, 2.45) is 0 Å². The zero-order valence-corrected chi connectivity index (χ0v) is 20.6. The Morgan fingerprint density at radius 1 is 1.00 bits per heavy atom. The van der Waals surface area contributed by atoms with E-state index in [-0.39, 0.29) is 0 Å². The number of carbonyl (C=O) groups excluding carboxylic acids is 1. The minimum Gasteiger partial charge on any atom is -0.354 e. The molecule has 0 aliphatic carbocycles. The summed E-state index contributed by atoms with van der Waals surface area (Å²) in [6.45, 7) is 5.17. The van der Waals surface area contributed by atoms with Crippen molar-refractivity contribution in [3.63, 3.8) is 0 Å². The zero-order valence-electron chi connectivity index (χ0n) is 20.6. The van der Waals surface area contributed by atoms with Gasteiger partial charge in [0.15, 0.2) is 0 Å². The van der Waals surface area contributed by atoms with Crippen molar-refractivity contribution < 1.29 is 9.18 Å². The van der Waals surface area contributed by atoms with Crippen LogP contribution in [0.2, 0.25) is 0 Å². The smallest absolute Gasteiger partial charge is 0.250 e. The van der Waals surface area contributed by atoms with Gasteiger partial charge in [0.25, 0.3) is 5.91 Å². The van der Waals surface area contributed by atoms with Crippen molar-refractivity contribution >= 4 is 40.0 Å². The number of likely N-dealkylation sites (N-methyl/N-ethyl adjacent to an activating group) is 1. The number of rotatable bonds is 6. The molecule has 3 aromatic heterocycles. The molecule has 0 radical (unpaired) electrons. The maximum absolute atomic E-state index is 13.0. The van der Waals surface area contributed by atoms with E-state index in [0.717, 1.165) is 54.7 Å². The molecule has 1 saturated heterocycles. The molecule has 1 fully saturated rings. The highest BCUT2D eigenvalue weighted by Gasteiger charge is 2.15. The molecule has 0 atom stereocenters. The lowest BCUT2D eigenvalue weighted by Gasteiger charge is -2.33. The summed E-state index contributed by atoms with van der Waals surface area (Å²) >= 11 is 0. The Hall–Kier alpha value is -4.44. The van der Waals surface area contributed by atoms with Gasteiger partial charge in [0, 0.05) is 61.3 Å². The highest BCUT2D eigenvalue weighted by atomic mass is 19.1. The molecule has 4 heterocycles. The summed E-state index contributed by atoms with van der Waals surface area (Å²) < 4.78 is 13.0. The largest absolute Gasteiger partial charge is 0.354 e. The molecule has 0 unspecified atom stereocenters. The van der Waals surface area contributed by atoms with Crippen molar-refractivity contribution in [3.8, 4) is 11.3 Å². The van der Waals surface area contributed by atoms with Crippen molar-refractivity contribution in [2.45, 2.75) is 6.92 Å². The second-order valence-corrected chi connectivity index (χ2v) is 8.91. The van der Waals surface area contributed by atoms with Crippen LogP contribution in [0.1, 0.15) is 6.92 Å². The van der Waals surface area contributed by atoms with Gasteiger partial charge in [0.2, 0.25) is 5.95 Å². The standard InChI is InChI=1S/C27H27FN8O/c1-18(28)14-25(37)32-20-8-9-29-23(15-20)22-5-3-4-19-16-31-27(34-26(19)22)33-21-6-7-24(30-17-21)36-12-10-35(2)11-13-36/h3-9,14-17H,10-13H2,1-2H3,(H,29,32,37)(H,31,33,34)/b18-14-. The van der Waals surface area contributed by atoms with Gasteiger partial charge < -0.3 is 20.4 Å². The number of piperazine rings is 1. The number of nitrogens with one attached hydrogen (secondary N) is 2. The van der Waals surface area contributed by atoms with E-state index >= 15 is 0 Å². The number of halogens is 1.